The molecule has 0 spiro atoms. The van der Waals surface area contributed by atoms with Crippen molar-refractivity contribution in [1.29, 1.82) is 0 Å². The maximum absolute atomic E-state index is 4.94. The molecule has 0 unspecified atom stereocenters. The van der Waals surface area contributed by atoms with Gasteiger partial charge in [-0.25, -0.2) is 0 Å². The first-order chi connectivity index (χ1) is 6.83. The van der Waals surface area contributed by atoms with Crippen molar-refractivity contribution >= 4 is 29.1 Å². The van der Waals surface area contributed by atoms with Gasteiger partial charge in [0.25, 0.3) is 0 Å². The van der Waals surface area contributed by atoms with Gasteiger partial charge in [0.05, 0.1) is 5.69 Å². The third-order valence-corrected chi connectivity index (χ3v) is 2.91. The molecule has 0 saturated heterocycles. The van der Waals surface area contributed by atoms with Crippen LogP contribution >= 0.6 is 24.0 Å². The molecule has 0 radical (unpaired) electrons. The molecule has 1 aromatic heterocycles. The predicted octanol–water partition coefficient (Wildman–Crippen LogP) is 0.737. The van der Waals surface area contributed by atoms with Crippen molar-refractivity contribution in [3.8, 4) is 0 Å². The highest BCUT2D eigenvalue weighted by Crippen LogP contribution is 2.07. The van der Waals surface area contributed by atoms with Gasteiger partial charge in [-0.05, 0) is 18.3 Å². The molecule has 0 fully saturated rings. The minimum absolute atomic E-state index is 0.699. The van der Waals surface area contributed by atoms with E-state index < -0.39 is 0 Å². The lowest BCUT2D eigenvalue weighted by Gasteiger charge is -2.05. The van der Waals surface area contributed by atoms with Crippen molar-refractivity contribution in [2.75, 3.05) is 19.3 Å². The molecule has 0 aliphatic carbocycles. The fourth-order valence-corrected chi connectivity index (χ4v) is 1.74. The zero-order valence-corrected chi connectivity index (χ0v) is 9.67. The van der Waals surface area contributed by atoms with Gasteiger partial charge < -0.3 is 10.6 Å². The summed E-state index contributed by atoms with van der Waals surface area (Å²) in [5.41, 5.74) is 1.09. The molecule has 3 N–H and O–H groups in total. The molecule has 0 aliphatic heterocycles. The van der Waals surface area contributed by atoms with E-state index in [0.29, 0.717) is 5.11 Å². The molecule has 0 atom stereocenters. The Morgan fingerprint density at radius 1 is 1.71 bits per heavy atom. The van der Waals surface area contributed by atoms with Gasteiger partial charge in [0.2, 0.25) is 0 Å². The highest BCUT2D eigenvalue weighted by molar-refractivity contribution is 7.98. The van der Waals surface area contributed by atoms with Crippen LogP contribution in [-0.4, -0.2) is 34.7 Å². The molecule has 0 aromatic carbocycles. The maximum atomic E-state index is 4.94. The SMILES string of the molecule is CNC(=S)NCCSCc1cc[nH]n1. The van der Waals surface area contributed by atoms with E-state index in [9.17, 15) is 0 Å². The predicted molar refractivity (Wildman–Crippen MR) is 64.4 cm³/mol. The number of hydrogen-bond donors (Lipinski definition) is 3. The first-order valence-corrected chi connectivity index (χ1v) is 5.91. The topological polar surface area (TPSA) is 52.7 Å². The van der Waals surface area contributed by atoms with E-state index in [1.165, 1.54) is 0 Å². The van der Waals surface area contributed by atoms with Gasteiger partial charge in [0, 0.05) is 31.3 Å². The second-order valence-corrected chi connectivity index (χ2v) is 4.14. The molecule has 0 bridgehead atoms. The Hall–Kier alpha value is -0.750. The van der Waals surface area contributed by atoms with Gasteiger partial charge in [0.1, 0.15) is 0 Å². The van der Waals surface area contributed by atoms with E-state index in [-0.39, 0.29) is 0 Å². The summed E-state index contributed by atoms with van der Waals surface area (Å²) >= 11 is 6.77. The van der Waals surface area contributed by atoms with Crippen LogP contribution in [0.5, 0.6) is 0 Å². The van der Waals surface area contributed by atoms with Crippen LogP contribution in [0.15, 0.2) is 12.3 Å². The van der Waals surface area contributed by atoms with Crippen LogP contribution in [0, 0.1) is 0 Å². The highest BCUT2D eigenvalue weighted by Gasteiger charge is 1.95. The van der Waals surface area contributed by atoms with Crippen LogP contribution in [0.25, 0.3) is 0 Å². The third-order valence-electron chi connectivity index (χ3n) is 1.57. The number of thiocarbonyl (C=S) groups is 1. The molecule has 0 aliphatic rings. The molecule has 4 nitrogen and oxygen atoms in total. The fourth-order valence-electron chi connectivity index (χ4n) is 0.873. The average molecular weight is 230 g/mol. The van der Waals surface area contributed by atoms with Crippen molar-refractivity contribution in [1.82, 2.24) is 20.8 Å². The summed E-state index contributed by atoms with van der Waals surface area (Å²) in [5.74, 6) is 1.96. The first-order valence-electron chi connectivity index (χ1n) is 4.35. The molecule has 6 heteroatoms. The van der Waals surface area contributed by atoms with Gasteiger partial charge in [-0.2, -0.15) is 16.9 Å². The average Bonchev–Trinajstić information content (AvgIpc) is 2.69. The molecule has 1 heterocycles. The quantitative estimate of drug-likeness (QED) is 0.514. The van der Waals surface area contributed by atoms with Gasteiger partial charge in [-0.3, -0.25) is 5.10 Å². The highest BCUT2D eigenvalue weighted by atomic mass is 32.2. The van der Waals surface area contributed by atoms with Crippen molar-refractivity contribution in [3.05, 3.63) is 18.0 Å². The smallest absolute Gasteiger partial charge is 0.166 e. The molecular formula is C8H14N4S2. The van der Waals surface area contributed by atoms with Crippen molar-refractivity contribution in [2.24, 2.45) is 0 Å². The molecule has 1 aromatic rings. The number of rotatable bonds is 5. The van der Waals surface area contributed by atoms with Gasteiger partial charge in [-0.1, -0.05) is 0 Å². The summed E-state index contributed by atoms with van der Waals surface area (Å²) in [6, 6.07) is 1.98. The summed E-state index contributed by atoms with van der Waals surface area (Å²) in [6.07, 6.45) is 1.84. The van der Waals surface area contributed by atoms with Gasteiger partial charge in [0.15, 0.2) is 5.11 Å². The third kappa shape index (κ3) is 4.48. The zero-order valence-electron chi connectivity index (χ0n) is 8.04. The molecule has 1 rings (SSSR count). The summed E-state index contributed by atoms with van der Waals surface area (Å²) in [6.45, 7) is 0.884. The minimum Gasteiger partial charge on any atom is -0.366 e. The number of aromatic amines is 1. The summed E-state index contributed by atoms with van der Waals surface area (Å²) < 4.78 is 0. The van der Waals surface area contributed by atoms with E-state index in [2.05, 4.69) is 20.8 Å². The number of hydrogen-bond acceptors (Lipinski definition) is 3. The van der Waals surface area contributed by atoms with E-state index in [0.717, 1.165) is 23.7 Å². The van der Waals surface area contributed by atoms with E-state index in [4.69, 9.17) is 12.2 Å². The number of H-pyrrole nitrogens is 1. The molecular weight excluding hydrogens is 216 g/mol. The number of aromatic nitrogens is 2. The summed E-state index contributed by atoms with van der Waals surface area (Å²) in [7, 11) is 1.81. The number of thioether (sulfide) groups is 1. The number of nitrogens with one attached hydrogen (secondary N) is 3. The van der Waals surface area contributed by atoms with Crippen LogP contribution in [0.2, 0.25) is 0 Å². The van der Waals surface area contributed by atoms with E-state index in [1.54, 1.807) is 0 Å². The monoisotopic (exact) mass is 230 g/mol. The Kier molecular flexibility index (Phi) is 5.39. The summed E-state index contributed by atoms with van der Waals surface area (Å²) in [5, 5.41) is 13.5. The molecule has 78 valence electrons. The van der Waals surface area contributed by atoms with Gasteiger partial charge >= 0.3 is 0 Å². The van der Waals surface area contributed by atoms with Crippen molar-refractivity contribution in [3.63, 3.8) is 0 Å². The fraction of sp³-hybridized carbons (Fsp3) is 0.500. The lowest BCUT2D eigenvalue weighted by Crippen LogP contribution is -2.33. The normalized spacial score (nSPS) is 9.79. The Bertz CT molecular complexity index is 260. The van der Waals surface area contributed by atoms with Crippen LogP contribution in [0.4, 0.5) is 0 Å². The Labute approximate surface area is 93.2 Å². The van der Waals surface area contributed by atoms with Gasteiger partial charge in [-0.15, -0.1) is 0 Å². The summed E-state index contributed by atoms with van der Waals surface area (Å²) in [4.78, 5) is 0. The molecule has 0 saturated carbocycles. The second kappa shape index (κ2) is 6.67. The van der Waals surface area contributed by atoms with Crippen LogP contribution in [0.1, 0.15) is 5.69 Å². The number of nitrogens with zero attached hydrogens (tertiary/aromatic N) is 1. The van der Waals surface area contributed by atoms with Crippen LogP contribution in [-0.2, 0) is 5.75 Å². The first kappa shape index (κ1) is 11.3. The standard InChI is InChI=1S/C8H14N4S2/c1-9-8(13)10-4-5-14-6-7-2-3-11-12-7/h2-3H,4-6H2,1H3,(H,11,12)(H2,9,10,13). The van der Waals surface area contributed by atoms with E-state index >= 15 is 0 Å². The largest absolute Gasteiger partial charge is 0.366 e. The Morgan fingerprint density at radius 3 is 3.21 bits per heavy atom. The second-order valence-electron chi connectivity index (χ2n) is 2.62. The van der Waals surface area contributed by atoms with Crippen LogP contribution in [0.3, 0.4) is 0 Å². The van der Waals surface area contributed by atoms with Crippen molar-refractivity contribution < 1.29 is 0 Å². The van der Waals surface area contributed by atoms with Crippen molar-refractivity contribution in [2.45, 2.75) is 5.75 Å². The van der Waals surface area contributed by atoms with E-state index in [1.807, 2.05) is 31.1 Å². The van der Waals surface area contributed by atoms with Crippen LogP contribution < -0.4 is 10.6 Å². The zero-order chi connectivity index (χ0) is 10.2. The molecule has 0 amide bonds. The lowest BCUT2D eigenvalue weighted by atomic mass is 10.5. The Morgan fingerprint density at radius 2 is 2.57 bits per heavy atom. The minimum atomic E-state index is 0.699. The maximum Gasteiger partial charge on any atom is 0.166 e. The lowest BCUT2D eigenvalue weighted by molar-refractivity contribution is 0.942. The molecule has 14 heavy (non-hydrogen) atoms. The Balaban J connectivity index is 1.97.